The Morgan fingerprint density at radius 3 is 2.76 bits per heavy atom. The van der Waals surface area contributed by atoms with Crippen LogP contribution in [0.4, 0.5) is 4.39 Å². The number of benzene rings is 1. The molecule has 0 amide bonds. The molecule has 0 fully saturated rings. The third kappa shape index (κ3) is 3.15. The summed E-state index contributed by atoms with van der Waals surface area (Å²) in [4.78, 5) is 11.9. The van der Waals surface area contributed by atoms with Gasteiger partial charge in [0.2, 0.25) is 0 Å². The van der Waals surface area contributed by atoms with Crippen LogP contribution in [-0.4, -0.2) is 5.78 Å². The fourth-order valence-corrected chi connectivity index (χ4v) is 2.72. The first-order valence-electron chi connectivity index (χ1n) is 4.77. The SMILES string of the molecule is O=C(Cc1ccc(Cl)cc1F)c1csc(Br)c1. The minimum absolute atomic E-state index is 0.0478. The summed E-state index contributed by atoms with van der Waals surface area (Å²) in [7, 11) is 0. The van der Waals surface area contributed by atoms with Crippen LogP contribution in [0, 0.1) is 5.82 Å². The Hall–Kier alpha value is -0.710. The highest BCUT2D eigenvalue weighted by atomic mass is 79.9. The zero-order chi connectivity index (χ0) is 12.4. The summed E-state index contributed by atoms with van der Waals surface area (Å²) >= 11 is 10.4. The number of hydrogen-bond acceptors (Lipinski definition) is 2. The van der Waals surface area contributed by atoms with Gasteiger partial charge in [0.1, 0.15) is 5.82 Å². The lowest BCUT2D eigenvalue weighted by Crippen LogP contribution is -2.03. The Kier molecular flexibility index (Phi) is 3.97. The lowest BCUT2D eigenvalue weighted by Gasteiger charge is -2.02. The van der Waals surface area contributed by atoms with E-state index >= 15 is 0 Å². The monoisotopic (exact) mass is 332 g/mol. The number of carbonyl (C=O) groups is 1. The van der Waals surface area contributed by atoms with Crippen LogP contribution < -0.4 is 0 Å². The van der Waals surface area contributed by atoms with E-state index in [1.807, 2.05) is 0 Å². The van der Waals surface area contributed by atoms with E-state index in [-0.39, 0.29) is 12.2 Å². The van der Waals surface area contributed by atoms with Crippen LogP contribution in [0.3, 0.4) is 0 Å². The fourth-order valence-electron chi connectivity index (χ4n) is 1.40. The van der Waals surface area contributed by atoms with Crippen molar-refractivity contribution < 1.29 is 9.18 Å². The maximum absolute atomic E-state index is 13.5. The van der Waals surface area contributed by atoms with Crippen LogP contribution in [0.2, 0.25) is 5.02 Å². The van der Waals surface area contributed by atoms with E-state index in [1.165, 1.54) is 23.5 Å². The van der Waals surface area contributed by atoms with Crippen molar-refractivity contribution in [3.63, 3.8) is 0 Å². The van der Waals surface area contributed by atoms with Crippen molar-refractivity contribution >= 4 is 44.7 Å². The molecule has 1 aromatic heterocycles. The Balaban J connectivity index is 2.18. The smallest absolute Gasteiger partial charge is 0.168 e. The first kappa shape index (κ1) is 12.7. The molecule has 1 heterocycles. The Morgan fingerprint density at radius 1 is 1.41 bits per heavy atom. The fraction of sp³-hybridized carbons (Fsp3) is 0.0833. The minimum atomic E-state index is -0.444. The maximum Gasteiger partial charge on any atom is 0.168 e. The number of hydrogen-bond donors (Lipinski definition) is 0. The van der Waals surface area contributed by atoms with E-state index in [2.05, 4.69) is 15.9 Å². The molecule has 2 rings (SSSR count). The van der Waals surface area contributed by atoms with E-state index in [0.717, 1.165) is 3.79 Å². The maximum atomic E-state index is 13.5. The van der Waals surface area contributed by atoms with Gasteiger partial charge in [-0.15, -0.1) is 11.3 Å². The standard InChI is InChI=1S/C12H7BrClFOS/c13-12-4-8(6-17-12)11(16)3-7-1-2-9(14)5-10(7)15/h1-2,4-6H,3H2. The largest absolute Gasteiger partial charge is 0.294 e. The summed E-state index contributed by atoms with van der Waals surface area (Å²) in [6.45, 7) is 0. The molecule has 0 saturated carbocycles. The van der Waals surface area contributed by atoms with Gasteiger partial charge in [-0.3, -0.25) is 4.79 Å². The van der Waals surface area contributed by atoms with Crippen molar-refractivity contribution in [3.8, 4) is 0 Å². The zero-order valence-corrected chi connectivity index (χ0v) is 11.7. The third-order valence-corrected chi connectivity index (χ3v) is 4.00. The first-order chi connectivity index (χ1) is 8.06. The van der Waals surface area contributed by atoms with Gasteiger partial charge >= 0.3 is 0 Å². The number of Topliss-reactive ketones (excluding diaryl/α,β-unsaturated/α-hetero) is 1. The molecule has 0 bridgehead atoms. The molecular formula is C12H7BrClFOS. The Bertz CT molecular complexity index is 567. The van der Waals surface area contributed by atoms with Crippen molar-refractivity contribution in [1.29, 1.82) is 0 Å². The molecule has 0 spiro atoms. The molecular weight excluding hydrogens is 327 g/mol. The van der Waals surface area contributed by atoms with Gasteiger partial charge in [-0.05, 0) is 39.7 Å². The molecule has 0 aliphatic heterocycles. The van der Waals surface area contributed by atoms with Crippen LogP contribution >= 0.6 is 38.9 Å². The summed E-state index contributed by atoms with van der Waals surface area (Å²) in [6.07, 6.45) is 0.0478. The number of rotatable bonds is 3. The van der Waals surface area contributed by atoms with Crippen molar-refractivity contribution in [1.82, 2.24) is 0 Å². The van der Waals surface area contributed by atoms with Crippen molar-refractivity contribution in [2.24, 2.45) is 0 Å². The minimum Gasteiger partial charge on any atom is -0.294 e. The summed E-state index contributed by atoms with van der Waals surface area (Å²) in [5, 5.41) is 2.08. The molecule has 1 aromatic carbocycles. The van der Waals surface area contributed by atoms with Gasteiger partial charge in [0.15, 0.2) is 5.78 Å². The van der Waals surface area contributed by atoms with Crippen LogP contribution in [0.1, 0.15) is 15.9 Å². The summed E-state index contributed by atoms with van der Waals surface area (Å²) < 4.78 is 14.4. The van der Waals surface area contributed by atoms with Crippen LogP contribution in [0.5, 0.6) is 0 Å². The molecule has 17 heavy (non-hydrogen) atoms. The second-order valence-corrected chi connectivity index (χ2v) is 6.20. The van der Waals surface area contributed by atoms with E-state index in [0.29, 0.717) is 16.1 Å². The highest BCUT2D eigenvalue weighted by Gasteiger charge is 2.12. The highest BCUT2D eigenvalue weighted by Crippen LogP contribution is 2.23. The highest BCUT2D eigenvalue weighted by molar-refractivity contribution is 9.11. The quantitative estimate of drug-likeness (QED) is 0.742. The van der Waals surface area contributed by atoms with Crippen molar-refractivity contribution in [2.75, 3.05) is 0 Å². The van der Waals surface area contributed by atoms with Crippen LogP contribution in [0.25, 0.3) is 0 Å². The van der Waals surface area contributed by atoms with E-state index < -0.39 is 5.82 Å². The number of ketones is 1. The molecule has 0 unspecified atom stereocenters. The summed E-state index contributed by atoms with van der Waals surface area (Å²) in [5.74, 6) is -0.548. The molecule has 0 aliphatic rings. The van der Waals surface area contributed by atoms with Crippen molar-refractivity contribution in [2.45, 2.75) is 6.42 Å². The third-order valence-electron chi connectivity index (χ3n) is 2.26. The molecule has 2 aromatic rings. The van der Waals surface area contributed by atoms with Gasteiger partial charge in [0, 0.05) is 22.4 Å². The Labute approximate surface area is 115 Å². The molecule has 0 radical (unpaired) electrons. The van der Waals surface area contributed by atoms with Gasteiger partial charge in [-0.2, -0.15) is 0 Å². The summed E-state index contributed by atoms with van der Waals surface area (Å²) in [5.41, 5.74) is 0.956. The van der Waals surface area contributed by atoms with Gasteiger partial charge in [-0.1, -0.05) is 17.7 Å². The van der Waals surface area contributed by atoms with Crippen LogP contribution in [-0.2, 0) is 6.42 Å². The Morgan fingerprint density at radius 2 is 2.18 bits per heavy atom. The zero-order valence-electron chi connectivity index (χ0n) is 8.54. The average Bonchev–Trinajstić information content (AvgIpc) is 2.69. The lowest BCUT2D eigenvalue weighted by molar-refractivity contribution is 0.0992. The predicted octanol–water partition coefficient (Wildman–Crippen LogP) is 4.73. The van der Waals surface area contributed by atoms with Gasteiger partial charge < -0.3 is 0 Å². The molecule has 1 nitrogen and oxygen atoms in total. The normalized spacial score (nSPS) is 10.5. The second kappa shape index (κ2) is 5.29. The van der Waals surface area contributed by atoms with Gasteiger partial charge in [0.25, 0.3) is 0 Å². The van der Waals surface area contributed by atoms with Crippen LogP contribution in [0.15, 0.2) is 33.4 Å². The number of thiophene rings is 1. The number of halogens is 3. The molecule has 5 heteroatoms. The van der Waals surface area contributed by atoms with E-state index in [1.54, 1.807) is 17.5 Å². The van der Waals surface area contributed by atoms with Gasteiger partial charge in [0.05, 0.1) is 3.79 Å². The van der Waals surface area contributed by atoms with Gasteiger partial charge in [-0.25, -0.2) is 4.39 Å². The topological polar surface area (TPSA) is 17.1 Å². The molecule has 0 atom stereocenters. The lowest BCUT2D eigenvalue weighted by atomic mass is 10.1. The molecule has 0 N–H and O–H groups in total. The first-order valence-corrected chi connectivity index (χ1v) is 6.82. The van der Waals surface area contributed by atoms with E-state index in [9.17, 15) is 9.18 Å². The van der Waals surface area contributed by atoms with Crippen molar-refractivity contribution in [3.05, 3.63) is 55.4 Å². The molecule has 0 saturated heterocycles. The van der Waals surface area contributed by atoms with E-state index in [4.69, 9.17) is 11.6 Å². The number of carbonyl (C=O) groups excluding carboxylic acids is 1. The summed E-state index contributed by atoms with van der Waals surface area (Å²) in [6, 6.07) is 6.07. The predicted molar refractivity (Wildman–Crippen MR) is 71.5 cm³/mol. The average molecular weight is 334 g/mol. The molecule has 0 aliphatic carbocycles. The second-order valence-electron chi connectivity index (χ2n) is 3.48. The molecule has 88 valence electrons.